The molecule has 1 saturated heterocycles. The van der Waals surface area contributed by atoms with Gasteiger partial charge in [-0.15, -0.1) is 0 Å². The maximum atomic E-state index is 12.6. The van der Waals surface area contributed by atoms with E-state index in [0.717, 1.165) is 31.7 Å². The van der Waals surface area contributed by atoms with Gasteiger partial charge >= 0.3 is 6.01 Å². The molecule has 8 heteroatoms. The zero-order chi connectivity index (χ0) is 17.4. The molecule has 1 aliphatic rings. The van der Waals surface area contributed by atoms with Crippen LogP contribution < -0.4 is 20.5 Å². The number of hydrogen-bond donors (Lipinski definition) is 2. The Morgan fingerprint density at radius 2 is 1.84 bits per heavy atom. The summed E-state index contributed by atoms with van der Waals surface area (Å²) in [5.74, 6) is 1.30. The van der Waals surface area contributed by atoms with Gasteiger partial charge in [-0.3, -0.25) is 9.36 Å². The highest BCUT2D eigenvalue weighted by atomic mass is 16.5. The van der Waals surface area contributed by atoms with Gasteiger partial charge in [0.1, 0.15) is 5.75 Å². The van der Waals surface area contributed by atoms with Crippen LogP contribution in [-0.4, -0.2) is 45.7 Å². The second kappa shape index (κ2) is 6.21. The average molecular weight is 340 g/mol. The highest BCUT2D eigenvalue weighted by Gasteiger charge is 2.18. The molecular formula is C17H20N6O2. The van der Waals surface area contributed by atoms with E-state index >= 15 is 0 Å². The van der Waals surface area contributed by atoms with E-state index in [-0.39, 0.29) is 11.6 Å². The summed E-state index contributed by atoms with van der Waals surface area (Å²) in [4.78, 5) is 26.8. The Balaban J connectivity index is 1.72. The number of aromatic nitrogens is 4. The lowest BCUT2D eigenvalue weighted by atomic mass is 10.2. The molecule has 8 nitrogen and oxygen atoms in total. The molecule has 0 spiro atoms. The predicted molar refractivity (Wildman–Crippen MR) is 95.5 cm³/mol. The van der Waals surface area contributed by atoms with E-state index in [1.54, 1.807) is 7.05 Å². The van der Waals surface area contributed by atoms with Crippen LogP contribution >= 0.6 is 0 Å². The lowest BCUT2D eigenvalue weighted by Gasteiger charge is -2.26. The Bertz CT molecular complexity index is 954. The Kier molecular flexibility index (Phi) is 3.89. The summed E-state index contributed by atoms with van der Waals surface area (Å²) in [5.41, 5.74) is 1.70. The van der Waals surface area contributed by atoms with Gasteiger partial charge in [-0.1, -0.05) is 17.7 Å². The lowest BCUT2D eigenvalue weighted by molar-refractivity contribution is 0.415. The number of fused-ring (bicyclic) bond motifs is 1. The fourth-order valence-electron chi connectivity index (χ4n) is 2.83. The molecule has 4 rings (SSSR count). The molecule has 1 aromatic carbocycles. The topological polar surface area (TPSA) is 88.1 Å². The summed E-state index contributed by atoms with van der Waals surface area (Å²) in [7, 11) is 1.64. The number of nitrogens with zero attached hydrogens (tertiary/aromatic N) is 4. The fourth-order valence-corrected chi connectivity index (χ4v) is 2.83. The van der Waals surface area contributed by atoms with Crippen molar-refractivity contribution in [1.82, 2.24) is 24.8 Å². The van der Waals surface area contributed by atoms with Crippen LogP contribution in [0.25, 0.3) is 11.2 Å². The monoisotopic (exact) mass is 340 g/mol. The van der Waals surface area contributed by atoms with Crippen LogP contribution in [0.5, 0.6) is 11.8 Å². The van der Waals surface area contributed by atoms with Crippen molar-refractivity contribution in [3.8, 4) is 11.8 Å². The molecule has 0 amide bonds. The quantitative estimate of drug-likeness (QED) is 0.744. The van der Waals surface area contributed by atoms with E-state index in [4.69, 9.17) is 4.74 Å². The first-order chi connectivity index (χ1) is 12.1. The fraction of sp³-hybridized carbons (Fsp3) is 0.353. The van der Waals surface area contributed by atoms with E-state index in [1.165, 1.54) is 4.57 Å². The zero-order valence-corrected chi connectivity index (χ0v) is 14.2. The van der Waals surface area contributed by atoms with Crippen LogP contribution in [0.2, 0.25) is 0 Å². The summed E-state index contributed by atoms with van der Waals surface area (Å²) in [6.45, 7) is 5.47. The van der Waals surface area contributed by atoms with Gasteiger partial charge in [-0.25, -0.2) is 0 Å². The number of aryl methyl sites for hydroxylation is 1. The first kappa shape index (κ1) is 15.6. The number of aromatic amines is 1. The molecule has 0 bridgehead atoms. The third-order valence-electron chi connectivity index (χ3n) is 4.33. The van der Waals surface area contributed by atoms with E-state index in [0.29, 0.717) is 22.9 Å². The smallest absolute Gasteiger partial charge is 0.306 e. The average Bonchev–Trinajstić information content (AvgIpc) is 3.06. The van der Waals surface area contributed by atoms with Gasteiger partial charge in [0.15, 0.2) is 11.2 Å². The number of H-pyrrole nitrogens is 1. The standard InChI is InChI=1S/C17H20N6O2/c1-11-3-5-12(6-4-11)25-17-21-14-13(15(24)22(17)2)19-16(20-14)23-9-7-18-8-10-23/h3-6,18H,7-10H2,1-2H3,(H,19,20). The van der Waals surface area contributed by atoms with Gasteiger partial charge in [-0.2, -0.15) is 9.97 Å². The van der Waals surface area contributed by atoms with Gasteiger partial charge in [0.05, 0.1) is 0 Å². The number of rotatable bonds is 3. The van der Waals surface area contributed by atoms with Crippen LogP contribution in [-0.2, 0) is 7.05 Å². The summed E-state index contributed by atoms with van der Waals surface area (Å²) >= 11 is 0. The highest BCUT2D eigenvalue weighted by Crippen LogP contribution is 2.21. The minimum absolute atomic E-state index is 0.207. The second-order valence-electron chi connectivity index (χ2n) is 6.17. The number of benzene rings is 1. The van der Waals surface area contributed by atoms with Gasteiger partial charge in [-0.05, 0) is 19.1 Å². The zero-order valence-electron chi connectivity index (χ0n) is 14.2. The van der Waals surface area contributed by atoms with Crippen molar-refractivity contribution in [2.45, 2.75) is 6.92 Å². The maximum absolute atomic E-state index is 12.6. The second-order valence-corrected chi connectivity index (χ2v) is 6.17. The van der Waals surface area contributed by atoms with E-state index in [9.17, 15) is 4.79 Å². The minimum atomic E-state index is -0.207. The van der Waals surface area contributed by atoms with Crippen molar-refractivity contribution >= 4 is 17.1 Å². The molecule has 0 radical (unpaired) electrons. The van der Waals surface area contributed by atoms with Crippen LogP contribution in [0.4, 0.5) is 5.95 Å². The Hall–Kier alpha value is -2.87. The third-order valence-corrected chi connectivity index (χ3v) is 4.33. The number of hydrogen-bond acceptors (Lipinski definition) is 6. The van der Waals surface area contributed by atoms with Crippen LogP contribution in [0.3, 0.4) is 0 Å². The highest BCUT2D eigenvalue weighted by molar-refractivity contribution is 5.73. The molecule has 0 atom stereocenters. The molecule has 1 fully saturated rings. The van der Waals surface area contributed by atoms with Crippen LogP contribution in [0.1, 0.15) is 5.56 Å². The Labute approximate surface area is 144 Å². The van der Waals surface area contributed by atoms with Crippen LogP contribution in [0, 0.1) is 6.92 Å². The summed E-state index contributed by atoms with van der Waals surface area (Å²) < 4.78 is 7.17. The molecule has 25 heavy (non-hydrogen) atoms. The van der Waals surface area contributed by atoms with Crippen molar-refractivity contribution < 1.29 is 4.74 Å². The predicted octanol–water partition coefficient (Wildman–Crippen LogP) is 1.17. The number of ether oxygens (including phenoxy) is 1. The molecule has 0 aliphatic carbocycles. The van der Waals surface area contributed by atoms with Crippen molar-refractivity contribution in [2.75, 3.05) is 31.1 Å². The summed E-state index contributed by atoms with van der Waals surface area (Å²) in [6.07, 6.45) is 0. The van der Waals surface area contributed by atoms with E-state index < -0.39 is 0 Å². The largest absolute Gasteiger partial charge is 0.425 e. The van der Waals surface area contributed by atoms with Gasteiger partial charge < -0.3 is 19.9 Å². The Morgan fingerprint density at radius 3 is 2.56 bits per heavy atom. The molecule has 2 N–H and O–H groups in total. The molecule has 1 aliphatic heterocycles. The SMILES string of the molecule is Cc1ccc(Oc2nc3nc(N4CCNCC4)[nH]c3c(=O)n2C)cc1. The number of nitrogens with one attached hydrogen (secondary N) is 2. The van der Waals surface area contributed by atoms with Crippen molar-refractivity contribution in [3.63, 3.8) is 0 Å². The maximum Gasteiger partial charge on any atom is 0.306 e. The van der Waals surface area contributed by atoms with Gasteiger partial charge in [0.25, 0.3) is 5.56 Å². The molecule has 130 valence electrons. The van der Waals surface area contributed by atoms with E-state index in [1.807, 2.05) is 31.2 Å². The molecule has 3 heterocycles. The third kappa shape index (κ3) is 2.96. The normalized spacial score (nSPS) is 14.9. The first-order valence-corrected chi connectivity index (χ1v) is 8.29. The van der Waals surface area contributed by atoms with Crippen molar-refractivity contribution in [1.29, 1.82) is 0 Å². The molecule has 3 aromatic rings. The van der Waals surface area contributed by atoms with Crippen molar-refractivity contribution in [2.24, 2.45) is 7.05 Å². The summed E-state index contributed by atoms with van der Waals surface area (Å²) in [6, 6.07) is 7.82. The van der Waals surface area contributed by atoms with E-state index in [2.05, 4.69) is 25.2 Å². The van der Waals surface area contributed by atoms with Crippen molar-refractivity contribution in [3.05, 3.63) is 40.2 Å². The molecule has 2 aromatic heterocycles. The first-order valence-electron chi connectivity index (χ1n) is 8.29. The van der Waals surface area contributed by atoms with Gasteiger partial charge in [0.2, 0.25) is 5.95 Å². The lowest BCUT2D eigenvalue weighted by Crippen LogP contribution is -2.44. The molecular weight excluding hydrogens is 320 g/mol. The summed E-state index contributed by atoms with van der Waals surface area (Å²) in [5, 5.41) is 3.29. The van der Waals surface area contributed by atoms with Crippen LogP contribution in [0.15, 0.2) is 29.1 Å². The minimum Gasteiger partial charge on any atom is -0.425 e. The molecule has 0 unspecified atom stereocenters. The van der Waals surface area contributed by atoms with Gasteiger partial charge in [0, 0.05) is 33.2 Å². The number of piperazine rings is 1. The Morgan fingerprint density at radius 1 is 1.12 bits per heavy atom. The number of imidazole rings is 1. The number of anilines is 1. The molecule has 0 saturated carbocycles.